The van der Waals surface area contributed by atoms with E-state index in [-0.39, 0.29) is 11.3 Å². The Morgan fingerprint density at radius 3 is 2.96 bits per heavy atom. The third-order valence-corrected chi connectivity index (χ3v) is 5.82. The zero-order valence-corrected chi connectivity index (χ0v) is 15.3. The lowest BCUT2D eigenvalue weighted by Crippen LogP contribution is -2.45. The van der Waals surface area contributed by atoms with Gasteiger partial charge >= 0.3 is 0 Å². The molecule has 2 aliphatic rings. The summed E-state index contributed by atoms with van der Waals surface area (Å²) in [5.41, 5.74) is 2.19. The van der Waals surface area contributed by atoms with Gasteiger partial charge in [-0.1, -0.05) is 17.5 Å². The topological polar surface area (TPSA) is 64.6 Å². The number of ether oxygens (including phenoxy) is 2. The Morgan fingerprint density at radius 1 is 1.32 bits per heavy atom. The van der Waals surface area contributed by atoms with Gasteiger partial charge < -0.3 is 14.4 Å². The zero-order valence-electron chi connectivity index (χ0n) is 14.4. The second kappa shape index (κ2) is 6.29. The van der Waals surface area contributed by atoms with Crippen LogP contribution in [0, 0.1) is 12.3 Å². The lowest BCUT2D eigenvalue weighted by molar-refractivity contribution is -0.137. The molecule has 0 bridgehead atoms. The molecule has 25 heavy (non-hydrogen) atoms. The zero-order chi connectivity index (χ0) is 17.4. The Labute approximate surface area is 150 Å². The number of carbonyl (C=O) groups is 1. The van der Waals surface area contributed by atoms with Crippen LogP contribution >= 0.6 is 11.5 Å². The Balaban J connectivity index is 1.49. The first-order valence-corrected chi connectivity index (χ1v) is 9.24. The van der Waals surface area contributed by atoms with Crippen LogP contribution in [0.4, 0.5) is 0 Å². The summed E-state index contributed by atoms with van der Waals surface area (Å²) in [6.45, 7) is 5.85. The van der Waals surface area contributed by atoms with Crippen LogP contribution in [0.2, 0.25) is 0 Å². The first-order valence-electron chi connectivity index (χ1n) is 8.47. The van der Waals surface area contributed by atoms with Crippen molar-refractivity contribution in [1.29, 1.82) is 0 Å². The Kier molecular flexibility index (Phi) is 4.11. The van der Waals surface area contributed by atoms with E-state index < -0.39 is 0 Å². The molecule has 1 aromatic carbocycles. The maximum absolute atomic E-state index is 12.4. The van der Waals surface area contributed by atoms with Crippen LogP contribution in [0.25, 0.3) is 0 Å². The van der Waals surface area contributed by atoms with Gasteiger partial charge in [0.15, 0.2) is 11.5 Å². The van der Waals surface area contributed by atoms with E-state index in [9.17, 15) is 4.79 Å². The van der Waals surface area contributed by atoms with Crippen molar-refractivity contribution >= 4 is 17.4 Å². The summed E-state index contributed by atoms with van der Waals surface area (Å²) < 4.78 is 14.8. The highest BCUT2D eigenvalue weighted by molar-refractivity contribution is 7.05. The van der Waals surface area contributed by atoms with E-state index in [1.165, 1.54) is 17.1 Å². The summed E-state index contributed by atoms with van der Waals surface area (Å²) >= 11 is 1.38. The van der Waals surface area contributed by atoms with Crippen LogP contribution in [-0.2, 0) is 17.8 Å². The molecule has 3 heterocycles. The van der Waals surface area contributed by atoms with Gasteiger partial charge in [-0.2, -0.15) is 0 Å². The molecule has 6 nitrogen and oxygen atoms in total. The van der Waals surface area contributed by atoms with Gasteiger partial charge in [0, 0.05) is 13.0 Å². The van der Waals surface area contributed by atoms with E-state index >= 15 is 0 Å². The quantitative estimate of drug-likeness (QED) is 0.840. The van der Waals surface area contributed by atoms with E-state index in [0.717, 1.165) is 41.5 Å². The predicted octanol–water partition coefficient (Wildman–Crippen LogP) is 2.95. The van der Waals surface area contributed by atoms with Crippen molar-refractivity contribution in [2.45, 2.75) is 39.7 Å². The fourth-order valence-corrected chi connectivity index (χ4v) is 4.24. The molecule has 1 aromatic heterocycles. The van der Waals surface area contributed by atoms with Crippen molar-refractivity contribution in [3.05, 3.63) is 34.3 Å². The van der Waals surface area contributed by atoms with Crippen LogP contribution < -0.4 is 9.47 Å². The van der Waals surface area contributed by atoms with Gasteiger partial charge in [0.25, 0.3) is 0 Å². The van der Waals surface area contributed by atoms with Gasteiger partial charge in [-0.3, -0.25) is 4.79 Å². The molecule has 7 heteroatoms. The molecule has 0 N–H and O–H groups in total. The van der Waals surface area contributed by atoms with Crippen molar-refractivity contribution in [2.75, 3.05) is 13.3 Å². The number of nitrogens with zero attached hydrogens (tertiary/aromatic N) is 3. The Hall–Kier alpha value is -2.15. The minimum atomic E-state index is 0.0492. The molecular weight excluding hydrogens is 338 g/mol. The van der Waals surface area contributed by atoms with Crippen LogP contribution in [0.5, 0.6) is 11.5 Å². The third-order valence-electron chi connectivity index (χ3n) is 5.02. The molecule has 1 amide bonds. The van der Waals surface area contributed by atoms with Gasteiger partial charge in [-0.15, -0.1) is 5.10 Å². The van der Waals surface area contributed by atoms with E-state index in [0.29, 0.717) is 19.8 Å². The minimum Gasteiger partial charge on any atom is -0.454 e. The number of amides is 1. The normalized spacial score (nSPS) is 22.5. The van der Waals surface area contributed by atoms with Crippen LogP contribution in [0.1, 0.15) is 35.9 Å². The molecule has 1 fully saturated rings. The first kappa shape index (κ1) is 16.3. The summed E-state index contributed by atoms with van der Waals surface area (Å²) in [5, 5.41) is 4.05. The molecule has 0 spiro atoms. The number of hydrogen-bond acceptors (Lipinski definition) is 6. The number of rotatable bonds is 4. The van der Waals surface area contributed by atoms with Gasteiger partial charge in [0.1, 0.15) is 0 Å². The van der Waals surface area contributed by atoms with Gasteiger partial charge in [0.2, 0.25) is 12.7 Å². The predicted molar refractivity (Wildman–Crippen MR) is 93.7 cm³/mol. The molecule has 4 rings (SSSR count). The third kappa shape index (κ3) is 3.33. The standard InChI is InChI=1S/C18H21N3O3S/c1-12-16(25-20-19-12)9-21-10-18(2,6-5-17(21)22)8-13-3-4-14-15(7-13)24-11-23-14/h3-4,7H,5-6,8-11H2,1-2H3. The molecule has 1 saturated heterocycles. The molecular formula is C18H21N3O3S. The maximum Gasteiger partial charge on any atom is 0.231 e. The number of carbonyl (C=O) groups excluding carboxylic acids is 1. The molecule has 1 unspecified atom stereocenters. The van der Waals surface area contributed by atoms with Crippen molar-refractivity contribution in [1.82, 2.24) is 14.5 Å². The fourth-order valence-electron chi connectivity index (χ4n) is 3.60. The minimum absolute atomic E-state index is 0.0492. The van der Waals surface area contributed by atoms with Gasteiger partial charge in [-0.05, 0) is 54.4 Å². The maximum atomic E-state index is 12.4. The summed E-state index contributed by atoms with van der Waals surface area (Å²) in [6.07, 6.45) is 2.40. The number of piperidine rings is 1. The molecule has 0 saturated carbocycles. The summed E-state index contributed by atoms with van der Waals surface area (Å²) in [5.74, 6) is 1.84. The van der Waals surface area contributed by atoms with Crippen molar-refractivity contribution in [2.24, 2.45) is 5.41 Å². The number of aryl methyl sites for hydroxylation is 1. The van der Waals surface area contributed by atoms with Gasteiger partial charge in [0.05, 0.1) is 17.1 Å². The fraction of sp³-hybridized carbons (Fsp3) is 0.500. The lowest BCUT2D eigenvalue weighted by atomic mass is 9.76. The number of aromatic nitrogens is 2. The molecule has 1 atom stereocenters. The van der Waals surface area contributed by atoms with Crippen molar-refractivity contribution < 1.29 is 14.3 Å². The molecule has 2 aliphatic heterocycles. The molecule has 2 aromatic rings. The first-order chi connectivity index (χ1) is 12.0. The summed E-state index contributed by atoms with van der Waals surface area (Å²) in [4.78, 5) is 15.4. The van der Waals surface area contributed by atoms with E-state index in [1.807, 2.05) is 17.9 Å². The average Bonchev–Trinajstić information content (AvgIpc) is 3.20. The second-order valence-electron chi connectivity index (χ2n) is 7.21. The van der Waals surface area contributed by atoms with E-state index in [1.54, 1.807) is 0 Å². The second-order valence-corrected chi connectivity index (χ2v) is 8.05. The highest BCUT2D eigenvalue weighted by Gasteiger charge is 2.35. The summed E-state index contributed by atoms with van der Waals surface area (Å²) in [6, 6.07) is 6.13. The molecule has 132 valence electrons. The van der Waals surface area contributed by atoms with Crippen molar-refractivity contribution in [3.63, 3.8) is 0 Å². The average molecular weight is 359 g/mol. The smallest absolute Gasteiger partial charge is 0.231 e. The summed E-state index contributed by atoms with van der Waals surface area (Å²) in [7, 11) is 0. The number of fused-ring (bicyclic) bond motifs is 1. The number of benzene rings is 1. The lowest BCUT2D eigenvalue weighted by Gasteiger charge is -2.40. The largest absolute Gasteiger partial charge is 0.454 e. The number of likely N-dealkylation sites (tertiary alicyclic amines) is 1. The van der Waals surface area contributed by atoms with Crippen molar-refractivity contribution in [3.8, 4) is 11.5 Å². The molecule has 0 radical (unpaired) electrons. The highest BCUT2D eigenvalue weighted by atomic mass is 32.1. The molecule has 0 aliphatic carbocycles. The van der Waals surface area contributed by atoms with Crippen LogP contribution in [0.3, 0.4) is 0 Å². The monoisotopic (exact) mass is 359 g/mol. The highest BCUT2D eigenvalue weighted by Crippen LogP contribution is 2.38. The SMILES string of the molecule is Cc1nnsc1CN1CC(C)(Cc2ccc3c(c2)OCO3)CCC1=O. The van der Waals surface area contributed by atoms with Crippen LogP contribution in [0.15, 0.2) is 18.2 Å². The number of hydrogen-bond donors (Lipinski definition) is 0. The Morgan fingerprint density at radius 2 is 2.16 bits per heavy atom. The Bertz CT molecular complexity index is 807. The van der Waals surface area contributed by atoms with Crippen LogP contribution in [-0.4, -0.2) is 33.7 Å². The van der Waals surface area contributed by atoms with E-state index in [4.69, 9.17) is 9.47 Å². The van der Waals surface area contributed by atoms with Gasteiger partial charge in [-0.25, -0.2) is 0 Å². The van der Waals surface area contributed by atoms with E-state index in [2.05, 4.69) is 28.6 Å².